The highest BCUT2D eigenvalue weighted by Crippen LogP contribution is 2.45. The van der Waals surface area contributed by atoms with Crippen molar-refractivity contribution >= 4 is 43.9 Å². The molecule has 50 heavy (non-hydrogen) atoms. The third-order valence-electron chi connectivity index (χ3n) is 9.35. The summed E-state index contributed by atoms with van der Waals surface area (Å²) in [5.74, 6) is 1.88. The van der Waals surface area contributed by atoms with E-state index in [1.54, 1.807) is 0 Å². The Balaban J connectivity index is 1.18. The number of aromatic nitrogens is 3. The molecule has 0 radical (unpaired) electrons. The molecule has 5 nitrogen and oxygen atoms in total. The first-order valence-electron chi connectivity index (χ1n) is 16.6. The molecule has 0 aliphatic rings. The minimum atomic E-state index is 0.614. The van der Waals surface area contributed by atoms with Gasteiger partial charge in [-0.1, -0.05) is 133 Å². The Morgan fingerprint density at radius 3 is 1.52 bits per heavy atom. The Hall–Kier alpha value is -6.85. The highest BCUT2D eigenvalue weighted by Gasteiger charge is 2.21. The van der Waals surface area contributed by atoms with Crippen molar-refractivity contribution in [3.05, 3.63) is 164 Å². The van der Waals surface area contributed by atoms with Crippen LogP contribution in [0.4, 0.5) is 0 Å². The van der Waals surface area contributed by atoms with E-state index in [0.29, 0.717) is 17.5 Å². The normalized spacial score (nSPS) is 11.6. The van der Waals surface area contributed by atoms with Crippen LogP contribution in [0.1, 0.15) is 0 Å². The minimum Gasteiger partial charge on any atom is -0.456 e. The fourth-order valence-electron chi connectivity index (χ4n) is 7.04. The minimum absolute atomic E-state index is 0.614. The number of rotatable bonds is 5. The fraction of sp³-hybridized carbons (Fsp3) is 0. The lowest BCUT2D eigenvalue weighted by Crippen LogP contribution is -2.00. The van der Waals surface area contributed by atoms with Gasteiger partial charge in [0.25, 0.3) is 0 Å². The van der Waals surface area contributed by atoms with Crippen LogP contribution in [0.2, 0.25) is 0 Å². The van der Waals surface area contributed by atoms with Crippen molar-refractivity contribution in [2.45, 2.75) is 0 Å². The monoisotopic (exact) mass is 641 g/mol. The third kappa shape index (κ3) is 4.60. The van der Waals surface area contributed by atoms with E-state index >= 15 is 0 Å². The van der Waals surface area contributed by atoms with Gasteiger partial charge in [0.05, 0.1) is 0 Å². The number of furan rings is 2. The molecule has 0 N–H and O–H groups in total. The average molecular weight is 642 g/mol. The van der Waals surface area contributed by atoms with Crippen LogP contribution in [-0.4, -0.2) is 15.0 Å². The van der Waals surface area contributed by atoms with Gasteiger partial charge in [-0.25, -0.2) is 15.0 Å². The number of fused-ring (bicyclic) bond motifs is 6. The molecule has 7 aromatic carbocycles. The van der Waals surface area contributed by atoms with Gasteiger partial charge in [-0.15, -0.1) is 0 Å². The Labute approximate surface area is 287 Å². The van der Waals surface area contributed by atoms with Gasteiger partial charge in [-0.2, -0.15) is 0 Å². The first kappa shape index (κ1) is 28.2. The summed E-state index contributed by atoms with van der Waals surface area (Å²) in [5.41, 5.74) is 10.4. The lowest BCUT2D eigenvalue weighted by Gasteiger charge is -2.11. The van der Waals surface area contributed by atoms with E-state index < -0.39 is 0 Å². The van der Waals surface area contributed by atoms with Crippen molar-refractivity contribution in [3.8, 4) is 56.4 Å². The molecule has 0 amide bonds. The quantitative estimate of drug-likeness (QED) is 0.187. The van der Waals surface area contributed by atoms with Crippen molar-refractivity contribution in [2.24, 2.45) is 0 Å². The van der Waals surface area contributed by atoms with Crippen LogP contribution >= 0.6 is 0 Å². The second-order valence-corrected chi connectivity index (χ2v) is 12.4. The van der Waals surface area contributed by atoms with Gasteiger partial charge in [0.1, 0.15) is 22.3 Å². The lowest BCUT2D eigenvalue weighted by atomic mass is 9.92. The van der Waals surface area contributed by atoms with E-state index in [2.05, 4.69) is 66.7 Å². The number of nitrogens with zero attached hydrogens (tertiary/aromatic N) is 3. The molecule has 5 heteroatoms. The van der Waals surface area contributed by atoms with Gasteiger partial charge >= 0.3 is 0 Å². The van der Waals surface area contributed by atoms with E-state index in [-0.39, 0.29) is 0 Å². The molecule has 3 heterocycles. The summed E-state index contributed by atoms with van der Waals surface area (Å²) in [6.45, 7) is 0. The van der Waals surface area contributed by atoms with Crippen LogP contribution < -0.4 is 0 Å². The number of benzene rings is 7. The standard InChI is InChI=1S/C45H27N3O2/c1-3-13-28(14-4-1)43-46-44(29-15-5-2-6-16-29)48-45(47-43)31-18-11-17-30(27-31)32-25-26-34(42-41(32)36-20-8-10-23-38(36)50-42)33-21-12-24-39-40(33)35-19-7-9-22-37(35)49-39/h1-27H. The molecule has 10 rings (SSSR count). The molecule has 0 atom stereocenters. The number of hydrogen-bond acceptors (Lipinski definition) is 5. The molecule has 0 aliphatic carbocycles. The van der Waals surface area contributed by atoms with E-state index in [9.17, 15) is 0 Å². The van der Waals surface area contributed by atoms with E-state index in [0.717, 1.165) is 82.8 Å². The number of hydrogen-bond donors (Lipinski definition) is 0. The summed E-state index contributed by atoms with van der Waals surface area (Å²) in [6, 6.07) is 55.6. The zero-order valence-electron chi connectivity index (χ0n) is 26.7. The molecule has 10 aromatic rings. The van der Waals surface area contributed by atoms with Gasteiger partial charge in [0, 0.05) is 43.8 Å². The Kier molecular flexibility index (Phi) is 6.42. The smallest absolute Gasteiger partial charge is 0.164 e. The predicted octanol–water partition coefficient (Wildman–Crippen LogP) is 12.0. The van der Waals surface area contributed by atoms with Crippen LogP contribution in [-0.2, 0) is 0 Å². The second kappa shape index (κ2) is 11.4. The summed E-state index contributed by atoms with van der Waals surface area (Å²) in [6.07, 6.45) is 0. The summed E-state index contributed by atoms with van der Waals surface area (Å²) >= 11 is 0. The van der Waals surface area contributed by atoms with Gasteiger partial charge in [-0.05, 0) is 47.0 Å². The summed E-state index contributed by atoms with van der Waals surface area (Å²) in [5, 5.41) is 4.29. The maximum atomic E-state index is 6.72. The molecule has 0 spiro atoms. The Morgan fingerprint density at radius 1 is 0.320 bits per heavy atom. The van der Waals surface area contributed by atoms with Gasteiger partial charge in [0.2, 0.25) is 0 Å². The van der Waals surface area contributed by atoms with Crippen molar-refractivity contribution < 1.29 is 8.83 Å². The molecule has 0 saturated carbocycles. The average Bonchev–Trinajstić information content (AvgIpc) is 3.77. The zero-order chi connectivity index (χ0) is 33.0. The van der Waals surface area contributed by atoms with Crippen LogP contribution in [0, 0.1) is 0 Å². The maximum Gasteiger partial charge on any atom is 0.164 e. The molecule has 3 aromatic heterocycles. The number of para-hydroxylation sites is 2. The van der Waals surface area contributed by atoms with Crippen LogP contribution in [0.5, 0.6) is 0 Å². The van der Waals surface area contributed by atoms with Crippen molar-refractivity contribution in [2.75, 3.05) is 0 Å². The Bertz CT molecular complexity index is 2810. The highest BCUT2D eigenvalue weighted by molar-refractivity contribution is 6.20. The largest absolute Gasteiger partial charge is 0.456 e. The first-order chi connectivity index (χ1) is 24.8. The highest BCUT2D eigenvalue weighted by atomic mass is 16.3. The molecule has 0 aliphatic heterocycles. The lowest BCUT2D eigenvalue weighted by molar-refractivity contribution is 0.668. The fourth-order valence-corrected chi connectivity index (χ4v) is 7.04. The van der Waals surface area contributed by atoms with Gasteiger partial charge in [-0.3, -0.25) is 0 Å². The molecule has 0 fully saturated rings. The van der Waals surface area contributed by atoms with Crippen molar-refractivity contribution in [1.29, 1.82) is 0 Å². The second-order valence-electron chi connectivity index (χ2n) is 12.4. The van der Waals surface area contributed by atoms with Crippen molar-refractivity contribution in [1.82, 2.24) is 15.0 Å². The third-order valence-corrected chi connectivity index (χ3v) is 9.35. The van der Waals surface area contributed by atoms with Crippen molar-refractivity contribution in [3.63, 3.8) is 0 Å². The van der Waals surface area contributed by atoms with Gasteiger partial charge < -0.3 is 8.83 Å². The molecule has 0 unspecified atom stereocenters. The molecule has 234 valence electrons. The summed E-state index contributed by atoms with van der Waals surface area (Å²) < 4.78 is 13.0. The predicted molar refractivity (Wildman–Crippen MR) is 202 cm³/mol. The first-order valence-corrected chi connectivity index (χ1v) is 16.6. The maximum absolute atomic E-state index is 6.72. The summed E-state index contributed by atoms with van der Waals surface area (Å²) in [7, 11) is 0. The van der Waals surface area contributed by atoms with E-state index in [4.69, 9.17) is 23.8 Å². The molecular formula is C45H27N3O2. The van der Waals surface area contributed by atoms with Crippen LogP contribution in [0.25, 0.3) is 100 Å². The van der Waals surface area contributed by atoms with Gasteiger partial charge in [0.15, 0.2) is 17.5 Å². The molecular weight excluding hydrogens is 615 g/mol. The Morgan fingerprint density at radius 2 is 0.820 bits per heavy atom. The van der Waals surface area contributed by atoms with E-state index in [1.165, 1.54) is 0 Å². The molecule has 0 saturated heterocycles. The topological polar surface area (TPSA) is 65.0 Å². The SMILES string of the molecule is c1ccc(-c2nc(-c3ccccc3)nc(-c3cccc(-c4ccc(-c5cccc6oc7ccccc7c56)c5oc6ccccc6c45)c3)n2)cc1. The van der Waals surface area contributed by atoms with Crippen LogP contribution in [0.15, 0.2) is 173 Å². The summed E-state index contributed by atoms with van der Waals surface area (Å²) in [4.78, 5) is 14.9. The zero-order valence-corrected chi connectivity index (χ0v) is 26.7. The van der Waals surface area contributed by atoms with Crippen LogP contribution in [0.3, 0.4) is 0 Å². The van der Waals surface area contributed by atoms with E-state index in [1.807, 2.05) is 97.1 Å². The molecule has 0 bridgehead atoms.